The molecule has 5 aromatic carbocycles. The van der Waals surface area contributed by atoms with Crippen LogP contribution in [0.1, 0.15) is 181 Å². The van der Waals surface area contributed by atoms with Crippen LogP contribution < -0.4 is 18.9 Å². The van der Waals surface area contributed by atoms with Crippen molar-refractivity contribution in [3.63, 3.8) is 0 Å². The Labute approximate surface area is 406 Å². The number of esters is 2. The van der Waals surface area contributed by atoms with Crippen molar-refractivity contribution >= 4 is 35.2 Å². The quantitative estimate of drug-likeness (QED) is 0.0134. The molecule has 0 radical (unpaired) electrons. The number of ether oxygens (including phenoxy) is 4. The van der Waals surface area contributed by atoms with Crippen molar-refractivity contribution in [3.05, 3.63) is 138 Å². The van der Waals surface area contributed by atoms with Crippen molar-refractivity contribution in [2.45, 2.75) is 155 Å². The van der Waals surface area contributed by atoms with Gasteiger partial charge in [0.15, 0.2) is 0 Å². The third-order valence-electron chi connectivity index (χ3n) is 11.8. The maximum absolute atomic E-state index is 12.9. The normalized spacial score (nSPS) is 11.3. The Kier molecular flexibility index (Phi) is 25.3. The number of unbranched alkanes of at least 4 members (excludes halogenated alkanes) is 20. The van der Waals surface area contributed by atoms with E-state index in [0.717, 1.165) is 36.5 Å². The molecule has 0 heterocycles. The van der Waals surface area contributed by atoms with E-state index in [9.17, 15) is 9.59 Å². The first-order valence-electron chi connectivity index (χ1n) is 25.6. The van der Waals surface area contributed by atoms with E-state index in [1.54, 1.807) is 85.1 Å². The predicted molar refractivity (Wildman–Crippen MR) is 277 cm³/mol. The molecule has 0 fully saturated rings. The van der Waals surface area contributed by atoms with Gasteiger partial charge < -0.3 is 18.9 Å². The summed E-state index contributed by atoms with van der Waals surface area (Å²) < 4.78 is 23.1. The summed E-state index contributed by atoms with van der Waals surface area (Å²) in [4.78, 5) is 30.3. The monoisotopic (exact) mass is 922 g/mol. The van der Waals surface area contributed by atoms with Crippen molar-refractivity contribution in [3.8, 4) is 23.0 Å². The molecule has 0 bridgehead atoms. The molecule has 0 unspecified atom stereocenters. The summed E-state index contributed by atoms with van der Waals surface area (Å²) in [5.74, 6) is 1.42. The van der Waals surface area contributed by atoms with Crippen LogP contribution in [0.15, 0.2) is 137 Å². The van der Waals surface area contributed by atoms with Crippen LogP contribution in [0.5, 0.6) is 23.0 Å². The average Bonchev–Trinajstić information content (AvgIpc) is 3.37. The molecule has 9 nitrogen and oxygen atoms in total. The largest absolute Gasteiger partial charge is 0.494 e. The Morgan fingerprint density at radius 2 is 0.779 bits per heavy atom. The third-order valence-corrected chi connectivity index (χ3v) is 11.8. The number of azo groups is 1. The number of carbonyl (C=O) groups excluding carboxylic acids is 2. The molecule has 68 heavy (non-hydrogen) atoms. The van der Waals surface area contributed by atoms with Crippen LogP contribution in [0.4, 0.5) is 17.1 Å². The lowest BCUT2D eigenvalue weighted by atomic mass is 10.0. The van der Waals surface area contributed by atoms with E-state index in [4.69, 9.17) is 18.9 Å². The van der Waals surface area contributed by atoms with Gasteiger partial charge >= 0.3 is 11.9 Å². The van der Waals surface area contributed by atoms with E-state index in [-0.39, 0.29) is 0 Å². The van der Waals surface area contributed by atoms with Gasteiger partial charge in [0.05, 0.1) is 41.4 Å². The zero-order chi connectivity index (χ0) is 47.7. The highest BCUT2D eigenvalue weighted by Gasteiger charge is 2.11. The lowest BCUT2D eigenvalue weighted by molar-refractivity contribution is 0.0725. The molecular formula is C59H75N3O6. The summed E-state index contributed by atoms with van der Waals surface area (Å²) in [7, 11) is 0. The van der Waals surface area contributed by atoms with Crippen LogP contribution in [0.3, 0.4) is 0 Å². The first-order chi connectivity index (χ1) is 33.5. The van der Waals surface area contributed by atoms with Crippen molar-refractivity contribution in [2.24, 2.45) is 15.2 Å². The first-order valence-corrected chi connectivity index (χ1v) is 25.6. The average molecular weight is 922 g/mol. The molecule has 9 heteroatoms. The van der Waals surface area contributed by atoms with Gasteiger partial charge in [-0.05, 0) is 128 Å². The first kappa shape index (κ1) is 52.9. The lowest BCUT2D eigenvalue weighted by Crippen LogP contribution is -2.08. The SMILES string of the molecule is CCCCCCCCCCCCCCCCOc1ccc(N=Nc2ccc(C(=O)Oc3ccc(C=Nc4cccc(OC(=O)c5ccc(OCCCCCCCCCC)cc5)c4)cc3)cc2)cc1. The van der Waals surface area contributed by atoms with Crippen LogP contribution in [-0.4, -0.2) is 31.4 Å². The van der Waals surface area contributed by atoms with Crippen molar-refractivity contribution in [2.75, 3.05) is 13.2 Å². The highest BCUT2D eigenvalue weighted by Crippen LogP contribution is 2.25. The summed E-state index contributed by atoms with van der Waals surface area (Å²) >= 11 is 0. The summed E-state index contributed by atoms with van der Waals surface area (Å²) in [6.45, 7) is 5.91. The van der Waals surface area contributed by atoms with E-state index in [0.29, 0.717) is 46.3 Å². The minimum atomic E-state index is -0.482. The van der Waals surface area contributed by atoms with Gasteiger partial charge in [-0.25, -0.2) is 9.59 Å². The molecular weight excluding hydrogens is 847 g/mol. The van der Waals surface area contributed by atoms with Gasteiger partial charge in [0.1, 0.15) is 23.0 Å². The Morgan fingerprint density at radius 3 is 1.25 bits per heavy atom. The molecule has 0 amide bonds. The minimum absolute atomic E-state index is 0.388. The Balaban J connectivity index is 0.947. The van der Waals surface area contributed by atoms with E-state index in [2.05, 4.69) is 29.1 Å². The van der Waals surface area contributed by atoms with Gasteiger partial charge in [-0.2, -0.15) is 10.2 Å². The minimum Gasteiger partial charge on any atom is -0.494 e. The lowest BCUT2D eigenvalue weighted by Gasteiger charge is -2.08. The number of benzene rings is 5. The molecule has 0 spiro atoms. The van der Waals surface area contributed by atoms with Gasteiger partial charge in [-0.1, -0.05) is 148 Å². The summed E-state index contributed by atoms with van der Waals surface area (Å²) in [5, 5.41) is 8.68. The van der Waals surface area contributed by atoms with Crippen LogP contribution in [0.2, 0.25) is 0 Å². The number of nitrogens with zero attached hydrogens (tertiary/aromatic N) is 3. The van der Waals surface area contributed by atoms with Gasteiger partial charge in [0.25, 0.3) is 0 Å². The molecule has 0 aliphatic rings. The number of rotatable bonds is 34. The molecule has 0 aliphatic carbocycles. The molecule has 0 saturated carbocycles. The fourth-order valence-corrected chi connectivity index (χ4v) is 7.72. The Morgan fingerprint density at radius 1 is 0.397 bits per heavy atom. The number of aliphatic imine (C=N–C) groups is 1. The predicted octanol–water partition coefficient (Wildman–Crippen LogP) is 17.7. The highest BCUT2D eigenvalue weighted by atomic mass is 16.5. The smallest absolute Gasteiger partial charge is 0.343 e. The van der Waals surface area contributed by atoms with E-state index >= 15 is 0 Å². The van der Waals surface area contributed by atoms with E-state index < -0.39 is 11.9 Å². The molecule has 0 saturated heterocycles. The molecule has 5 rings (SSSR count). The molecule has 5 aromatic rings. The van der Waals surface area contributed by atoms with Gasteiger partial charge in [-0.3, -0.25) is 4.99 Å². The van der Waals surface area contributed by atoms with Crippen molar-refractivity contribution < 1.29 is 28.5 Å². The molecule has 0 aliphatic heterocycles. The number of hydrogen-bond donors (Lipinski definition) is 0. The molecule has 0 aromatic heterocycles. The number of carbonyl (C=O) groups is 2. The Bertz CT molecular complexity index is 2200. The second-order valence-corrected chi connectivity index (χ2v) is 17.6. The van der Waals surface area contributed by atoms with Crippen LogP contribution in [-0.2, 0) is 0 Å². The zero-order valence-electron chi connectivity index (χ0n) is 40.9. The van der Waals surface area contributed by atoms with Crippen LogP contribution in [0, 0.1) is 0 Å². The second-order valence-electron chi connectivity index (χ2n) is 17.6. The summed E-state index contributed by atoms with van der Waals surface area (Å²) in [5.41, 5.74) is 3.58. The van der Waals surface area contributed by atoms with Gasteiger partial charge in [0.2, 0.25) is 0 Å². The van der Waals surface area contributed by atoms with Crippen molar-refractivity contribution in [1.29, 1.82) is 0 Å². The fraction of sp³-hybridized carbons (Fsp3) is 0.441. The second kappa shape index (κ2) is 32.6. The molecule has 0 N–H and O–H groups in total. The standard InChI is InChI=1S/C59H75N3O6/c1-3-5-7-9-11-13-14-15-16-17-18-20-22-24-45-66-55-42-36-52(37-43-55)62-61-51-34-30-49(31-35-51)58(63)67-56-38-28-48(29-39-56)47-60-53-26-25-27-57(46-53)68-59(64)50-32-40-54(41-33-50)65-44-23-21-19-12-10-8-6-4-2/h25-43,46-47H,3-24,44-45H2,1-2H3. The van der Waals surface area contributed by atoms with E-state index in [1.807, 2.05) is 42.5 Å². The number of hydrogen-bond acceptors (Lipinski definition) is 9. The molecule has 0 atom stereocenters. The third kappa shape index (κ3) is 21.7. The maximum atomic E-state index is 12.9. The van der Waals surface area contributed by atoms with Crippen molar-refractivity contribution in [1.82, 2.24) is 0 Å². The summed E-state index contributed by atoms with van der Waals surface area (Å²) in [6.07, 6.45) is 30.5. The highest BCUT2D eigenvalue weighted by molar-refractivity contribution is 5.92. The Hall–Kier alpha value is -6.09. The summed E-state index contributed by atoms with van der Waals surface area (Å²) in [6, 6.07) is 35.5. The topological polar surface area (TPSA) is 108 Å². The van der Waals surface area contributed by atoms with Gasteiger partial charge in [0, 0.05) is 12.3 Å². The van der Waals surface area contributed by atoms with Crippen LogP contribution >= 0.6 is 0 Å². The maximum Gasteiger partial charge on any atom is 0.343 e. The zero-order valence-corrected chi connectivity index (χ0v) is 40.9. The van der Waals surface area contributed by atoms with E-state index in [1.165, 1.54) is 128 Å². The fourth-order valence-electron chi connectivity index (χ4n) is 7.72. The van der Waals surface area contributed by atoms with Gasteiger partial charge in [-0.15, -0.1) is 0 Å². The molecule has 362 valence electrons. The van der Waals surface area contributed by atoms with Crippen LogP contribution in [0.25, 0.3) is 0 Å².